The third-order valence-corrected chi connectivity index (χ3v) is 2.82. The van der Waals surface area contributed by atoms with Gasteiger partial charge in [0.2, 0.25) is 0 Å². The minimum atomic E-state index is 0.288. The van der Waals surface area contributed by atoms with Crippen molar-refractivity contribution < 1.29 is 4.79 Å². The Labute approximate surface area is 96.4 Å². The fourth-order valence-electron chi connectivity index (χ4n) is 1.91. The highest BCUT2D eigenvalue weighted by atomic mass is 16.1. The fourth-order valence-corrected chi connectivity index (χ4v) is 1.91. The molecule has 2 rings (SSSR count). The van der Waals surface area contributed by atoms with E-state index in [9.17, 15) is 4.79 Å². The number of hydrogen-bond acceptors (Lipinski definition) is 2. The zero-order valence-electron chi connectivity index (χ0n) is 9.34. The predicted octanol–water partition coefficient (Wildman–Crippen LogP) is 1.64. The molecule has 0 aromatic heterocycles. The first-order chi connectivity index (χ1) is 7.85. The maximum atomic E-state index is 10.6. The minimum Gasteiger partial charge on any atom is -0.413 e. The molecule has 0 radical (unpaired) electrons. The number of benzene rings is 1. The summed E-state index contributed by atoms with van der Waals surface area (Å²) in [6.07, 6.45) is 7.07. The zero-order valence-corrected chi connectivity index (χ0v) is 9.34. The molecule has 0 saturated heterocycles. The van der Waals surface area contributed by atoms with Gasteiger partial charge in [-0.1, -0.05) is 41.8 Å². The van der Waals surface area contributed by atoms with Crippen LogP contribution in [0.3, 0.4) is 0 Å². The third-order valence-electron chi connectivity index (χ3n) is 2.82. The molecule has 0 atom stereocenters. The molecule has 3 heteroatoms. The Hall–Kier alpha value is -1.77. The van der Waals surface area contributed by atoms with Gasteiger partial charge >= 0.3 is 6.85 Å². The molecule has 1 aliphatic rings. The molecule has 0 spiro atoms. The summed E-state index contributed by atoms with van der Waals surface area (Å²) in [5, 5.41) is 0. The van der Waals surface area contributed by atoms with E-state index in [0.29, 0.717) is 0 Å². The number of carbonyl (C=O) groups is 1. The Kier molecular flexibility index (Phi) is 3.25. The van der Waals surface area contributed by atoms with E-state index in [2.05, 4.69) is 30.0 Å². The van der Waals surface area contributed by atoms with Crippen molar-refractivity contribution >= 4 is 18.6 Å². The number of rotatable bonds is 3. The van der Waals surface area contributed by atoms with E-state index in [4.69, 9.17) is 0 Å². The number of nitrogens with zero attached hydrogens (tertiary/aromatic N) is 1. The van der Waals surface area contributed by atoms with Gasteiger partial charge in [-0.15, -0.1) is 0 Å². The van der Waals surface area contributed by atoms with E-state index in [0.717, 1.165) is 18.4 Å². The largest absolute Gasteiger partial charge is 0.413 e. The standard InChI is InChI=1S/C13H14BNO/c1-2-15-10-4-3-9-14(15)13-7-5-12(11-16)6-8-13/h3-11H,2H2,1H3. The Morgan fingerprint density at radius 1 is 1.25 bits per heavy atom. The van der Waals surface area contributed by atoms with Crippen LogP contribution >= 0.6 is 0 Å². The van der Waals surface area contributed by atoms with Crippen LogP contribution in [0.1, 0.15) is 17.3 Å². The first-order valence-corrected chi connectivity index (χ1v) is 5.51. The Morgan fingerprint density at radius 3 is 2.62 bits per heavy atom. The summed E-state index contributed by atoms with van der Waals surface area (Å²) in [4.78, 5) is 12.8. The molecular weight excluding hydrogens is 197 g/mol. The monoisotopic (exact) mass is 211 g/mol. The summed E-state index contributed by atoms with van der Waals surface area (Å²) in [6, 6.07) is 7.76. The molecule has 0 saturated carbocycles. The van der Waals surface area contributed by atoms with Gasteiger partial charge in [0.15, 0.2) is 0 Å². The van der Waals surface area contributed by atoms with Crippen LogP contribution < -0.4 is 5.46 Å². The average molecular weight is 211 g/mol. The molecule has 16 heavy (non-hydrogen) atoms. The summed E-state index contributed by atoms with van der Waals surface area (Å²) in [7, 11) is 0. The van der Waals surface area contributed by atoms with Crippen LogP contribution in [0.25, 0.3) is 0 Å². The van der Waals surface area contributed by atoms with E-state index in [1.165, 1.54) is 5.46 Å². The van der Waals surface area contributed by atoms with Gasteiger partial charge in [-0.25, -0.2) is 0 Å². The van der Waals surface area contributed by atoms with Crippen molar-refractivity contribution in [2.45, 2.75) is 6.92 Å². The first kappa shape index (κ1) is 10.7. The van der Waals surface area contributed by atoms with E-state index in [1.807, 2.05) is 30.3 Å². The Morgan fingerprint density at radius 2 is 2.00 bits per heavy atom. The van der Waals surface area contributed by atoms with Gasteiger partial charge in [0.05, 0.1) is 0 Å². The van der Waals surface area contributed by atoms with Gasteiger partial charge in [0.1, 0.15) is 6.29 Å². The lowest BCUT2D eigenvalue weighted by Crippen LogP contribution is -2.45. The molecular formula is C13H14BNO. The quantitative estimate of drug-likeness (QED) is 0.559. The molecule has 1 aromatic rings. The highest BCUT2D eigenvalue weighted by Crippen LogP contribution is 2.05. The lowest BCUT2D eigenvalue weighted by molar-refractivity contribution is 0.112. The second kappa shape index (κ2) is 4.84. The van der Waals surface area contributed by atoms with E-state index in [-0.39, 0.29) is 6.85 Å². The van der Waals surface area contributed by atoms with Crippen LogP contribution in [0.2, 0.25) is 0 Å². The summed E-state index contributed by atoms with van der Waals surface area (Å²) >= 11 is 0. The van der Waals surface area contributed by atoms with Crippen LogP contribution in [0.4, 0.5) is 0 Å². The molecule has 1 aliphatic heterocycles. The maximum absolute atomic E-state index is 10.6. The molecule has 0 amide bonds. The van der Waals surface area contributed by atoms with E-state index >= 15 is 0 Å². The summed E-state index contributed by atoms with van der Waals surface area (Å²) in [5.41, 5.74) is 1.94. The second-order valence-electron chi connectivity index (χ2n) is 3.79. The Balaban J connectivity index is 2.25. The van der Waals surface area contributed by atoms with Crippen LogP contribution in [0, 0.1) is 0 Å². The lowest BCUT2D eigenvalue weighted by Gasteiger charge is -2.26. The zero-order chi connectivity index (χ0) is 11.4. The molecule has 0 N–H and O–H groups in total. The van der Waals surface area contributed by atoms with Crippen molar-refractivity contribution in [3.05, 3.63) is 54.2 Å². The highest BCUT2D eigenvalue weighted by Gasteiger charge is 2.20. The SMILES string of the molecule is CCN1C=CC=CB1c1ccc(C=O)cc1. The van der Waals surface area contributed by atoms with Crippen LogP contribution in [-0.4, -0.2) is 24.5 Å². The summed E-state index contributed by atoms with van der Waals surface area (Å²) in [6.45, 7) is 3.40. The van der Waals surface area contributed by atoms with Crippen LogP contribution in [0.15, 0.2) is 48.6 Å². The van der Waals surface area contributed by atoms with Gasteiger partial charge in [-0.2, -0.15) is 0 Å². The maximum Gasteiger partial charge on any atom is 0.315 e. The number of allylic oxidation sites excluding steroid dienone is 2. The number of carbonyl (C=O) groups excluding carboxylic acids is 1. The van der Waals surface area contributed by atoms with Gasteiger partial charge < -0.3 is 4.81 Å². The number of hydrogen-bond donors (Lipinski definition) is 0. The van der Waals surface area contributed by atoms with Crippen molar-refractivity contribution in [3.63, 3.8) is 0 Å². The molecule has 2 nitrogen and oxygen atoms in total. The van der Waals surface area contributed by atoms with Crippen molar-refractivity contribution in [3.8, 4) is 0 Å². The average Bonchev–Trinajstić information content (AvgIpc) is 2.39. The molecule has 1 heterocycles. The second-order valence-corrected chi connectivity index (χ2v) is 3.79. The summed E-state index contributed by atoms with van der Waals surface area (Å²) < 4.78 is 0. The smallest absolute Gasteiger partial charge is 0.315 e. The van der Waals surface area contributed by atoms with E-state index in [1.54, 1.807) is 0 Å². The lowest BCUT2D eigenvalue weighted by atomic mass is 9.53. The van der Waals surface area contributed by atoms with Crippen molar-refractivity contribution in [1.82, 2.24) is 4.81 Å². The van der Waals surface area contributed by atoms with Crippen molar-refractivity contribution in [2.24, 2.45) is 0 Å². The normalized spacial score (nSPS) is 14.3. The van der Waals surface area contributed by atoms with Crippen molar-refractivity contribution in [2.75, 3.05) is 6.54 Å². The predicted molar refractivity (Wildman–Crippen MR) is 67.9 cm³/mol. The van der Waals surface area contributed by atoms with Crippen LogP contribution in [-0.2, 0) is 0 Å². The molecule has 0 unspecified atom stereocenters. The van der Waals surface area contributed by atoms with Crippen LogP contribution in [0.5, 0.6) is 0 Å². The minimum absolute atomic E-state index is 0.288. The van der Waals surface area contributed by atoms with Crippen molar-refractivity contribution in [1.29, 1.82) is 0 Å². The van der Waals surface area contributed by atoms with Gasteiger partial charge in [0.25, 0.3) is 0 Å². The third kappa shape index (κ3) is 2.08. The topological polar surface area (TPSA) is 20.3 Å². The van der Waals surface area contributed by atoms with Gasteiger partial charge in [-0.3, -0.25) is 4.79 Å². The number of aldehydes is 1. The molecule has 0 aliphatic carbocycles. The molecule has 0 bridgehead atoms. The molecule has 80 valence electrons. The Bertz CT molecular complexity index is 422. The molecule has 0 fully saturated rings. The van der Waals surface area contributed by atoms with Gasteiger partial charge in [0, 0.05) is 12.1 Å². The summed E-state index contributed by atoms with van der Waals surface area (Å²) in [5.74, 6) is 2.17. The van der Waals surface area contributed by atoms with E-state index < -0.39 is 0 Å². The highest BCUT2D eigenvalue weighted by molar-refractivity contribution is 6.75. The fraction of sp³-hybridized carbons (Fsp3) is 0.154. The first-order valence-electron chi connectivity index (χ1n) is 5.51. The molecule has 1 aromatic carbocycles. The van der Waals surface area contributed by atoms with Gasteiger partial charge in [-0.05, 0) is 19.2 Å².